The summed E-state index contributed by atoms with van der Waals surface area (Å²) >= 11 is 6.37. The second kappa shape index (κ2) is 5.64. The SMILES string of the molecule is CCn1nc(C)c2nc(C(C)Cl)n(CC(C)C(C)(C)C)c21. The molecule has 0 saturated heterocycles. The van der Waals surface area contributed by atoms with Crippen LogP contribution in [0.1, 0.15) is 58.4 Å². The molecule has 118 valence electrons. The van der Waals surface area contributed by atoms with E-state index in [0.29, 0.717) is 5.92 Å². The molecule has 0 aliphatic carbocycles. The third-order valence-electron chi connectivity index (χ3n) is 4.42. The minimum atomic E-state index is -0.103. The van der Waals surface area contributed by atoms with E-state index < -0.39 is 0 Å². The summed E-state index contributed by atoms with van der Waals surface area (Å²) in [4.78, 5) is 4.76. The Bertz CT molecular complexity index is 631. The standard InChI is InChI=1S/C16H27ClN4/c1-8-21-15-13(12(4)19-21)18-14(11(3)17)20(15)9-10(2)16(5,6)7/h10-11H,8-9H2,1-7H3. The maximum absolute atomic E-state index is 6.37. The average Bonchev–Trinajstić information content (AvgIpc) is 2.87. The Labute approximate surface area is 132 Å². The largest absolute Gasteiger partial charge is 0.311 e. The second-order valence-corrected chi connectivity index (χ2v) is 7.69. The van der Waals surface area contributed by atoms with Crippen molar-refractivity contribution in [2.24, 2.45) is 11.3 Å². The van der Waals surface area contributed by atoms with Crippen LogP contribution in [0.3, 0.4) is 0 Å². The molecule has 0 aliphatic rings. The summed E-state index contributed by atoms with van der Waals surface area (Å²) in [5.74, 6) is 1.47. The molecule has 0 amide bonds. The number of hydrogen-bond donors (Lipinski definition) is 0. The first-order valence-electron chi connectivity index (χ1n) is 7.74. The molecule has 0 aliphatic heterocycles. The van der Waals surface area contributed by atoms with Crippen molar-refractivity contribution >= 4 is 22.8 Å². The molecule has 0 bridgehead atoms. The van der Waals surface area contributed by atoms with Gasteiger partial charge in [-0.3, -0.25) is 0 Å². The van der Waals surface area contributed by atoms with E-state index in [0.717, 1.165) is 35.8 Å². The highest BCUT2D eigenvalue weighted by atomic mass is 35.5. The van der Waals surface area contributed by atoms with Gasteiger partial charge in [-0.2, -0.15) is 5.10 Å². The molecule has 5 heteroatoms. The van der Waals surface area contributed by atoms with E-state index in [4.69, 9.17) is 16.6 Å². The number of fused-ring (bicyclic) bond motifs is 1. The van der Waals surface area contributed by atoms with Gasteiger partial charge in [0.25, 0.3) is 0 Å². The Morgan fingerprint density at radius 1 is 1.24 bits per heavy atom. The Hall–Kier alpha value is -1.03. The Balaban J connectivity index is 2.60. The van der Waals surface area contributed by atoms with Gasteiger partial charge in [0, 0.05) is 13.1 Å². The van der Waals surface area contributed by atoms with Crippen molar-refractivity contribution in [1.29, 1.82) is 0 Å². The molecule has 4 nitrogen and oxygen atoms in total. The number of aromatic nitrogens is 4. The highest BCUT2D eigenvalue weighted by Gasteiger charge is 2.26. The molecular formula is C16H27ClN4. The lowest BCUT2D eigenvalue weighted by molar-refractivity contribution is 0.232. The van der Waals surface area contributed by atoms with Gasteiger partial charge < -0.3 is 4.57 Å². The fourth-order valence-corrected chi connectivity index (χ4v) is 2.66. The predicted octanol–water partition coefficient (Wildman–Crippen LogP) is 4.54. The molecule has 0 radical (unpaired) electrons. The summed E-state index contributed by atoms with van der Waals surface area (Å²) in [5, 5.41) is 4.49. The third-order valence-corrected chi connectivity index (χ3v) is 4.61. The summed E-state index contributed by atoms with van der Waals surface area (Å²) < 4.78 is 4.31. The van der Waals surface area contributed by atoms with Crippen LogP contribution in [0, 0.1) is 18.3 Å². The molecule has 0 spiro atoms. The van der Waals surface area contributed by atoms with Crippen LogP contribution in [0.4, 0.5) is 0 Å². The maximum atomic E-state index is 6.37. The lowest BCUT2D eigenvalue weighted by atomic mass is 9.82. The molecule has 2 rings (SSSR count). The number of hydrogen-bond acceptors (Lipinski definition) is 2. The van der Waals surface area contributed by atoms with Crippen molar-refractivity contribution in [2.75, 3.05) is 0 Å². The topological polar surface area (TPSA) is 35.6 Å². The van der Waals surface area contributed by atoms with E-state index in [2.05, 4.69) is 44.3 Å². The first-order valence-corrected chi connectivity index (χ1v) is 8.18. The van der Waals surface area contributed by atoms with Crippen molar-refractivity contribution in [3.05, 3.63) is 11.5 Å². The van der Waals surface area contributed by atoms with Crippen LogP contribution in [0.2, 0.25) is 0 Å². The molecule has 0 N–H and O–H groups in total. The van der Waals surface area contributed by atoms with Crippen molar-refractivity contribution in [3.63, 3.8) is 0 Å². The number of imidazole rings is 1. The number of rotatable bonds is 4. The van der Waals surface area contributed by atoms with E-state index >= 15 is 0 Å². The molecule has 0 fully saturated rings. The van der Waals surface area contributed by atoms with E-state index in [1.807, 2.05) is 18.5 Å². The van der Waals surface area contributed by atoms with Gasteiger partial charge in [-0.15, -0.1) is 11.6 Å². The summed E-state index contributed by atoms with van der Waals surface area (Å²) in [5.41, 5.74) is 3.32. The van der Waals surface area contributed by atoms with Gasteiger partial charge in [0.15, 0.2) is 5.65 Å². The van der Waals surface area contributed by atoms with Crippen LogP contribution in [-0.2, 0) is 13.1 Å². The van der Waals surface area contributed by atoms with Gasteiger partial charge in [0.05, 0.1) is 11.1 Å². The first kappa shape index (κ1) is 16.3. The zero-order valence-electron chi connectivity index (χ0n) is 14.2. The third kappa shape index (κ3) is 2.96. The van der Waals surface area contributed by atoms with E-state index in [9.17, 15) is 0 Å². The molecule has 0 saturated carbocycles. The molecular weight excluding hydrogens is 284 g/mol. The van der Waals surface area contributed by atoms with Crippen molar-refractivity contribution in [3.8, 4) is 0 Å². The zero-order chi connectivity index (χ0) is 15.9. The Morgan fingerprint density at radius 3 is 2.33 bits per heavy atom. The molecule has 2 aromatic heterocycles. The van der Waals surface area contributed by atoms with Crippen LogP contribution >= 0.6 is 11.6 Å². The van der Waals surface area contributed by atoms with Gasteiger partial charge in [0.1, 0.15) is 11.3 Å². The lowest BCUT2D eigenvalue weighted by Crippen LogP contribution is -2.24. The number of nitrogens with zero attached hydrogens (tertiary/aromatic N) is 4. The van der Waals surface area contributed by atoms with Crippen LogP contribution in [0.15, 0.2) is 0 Å². The van der Waals surface area contributed by atoms with Crippen molar-refractivity contribution in [2.45, 2.75) is 66.9 Å². The minimum Gasteiger partial charge on any atom is -0.311 e. The highest BCUT2D eigenvalue weighted by Crippen LogP contribution is 2.32. The van der Waals surface area contributed by atoms with Crippen LogP contribution in [-0.4, -0.2) is 19.3 Å². The average molecular weight is 311 g/mol. The summed E-state index contributed by atoms with van der Waals surface area (Å²) in [6.45, 7) is 17.0. The van der Waals surface area contributed by atoms with Crippen LogP contribution in [0.25, 0.3) is 11.2 Å². The van der Waals surface area contributed by atoms with E-state index in [1.54, 1.807) is 0 Å². The second-order valence-electron chi connectivity index (χ2n) is 7.04. The van der Waals surface area contributed by atoms with Crippen LogP contribution < -0.4 is 0 Å². The lowest BCUT2D eigenvalue weighted by Gasteiger charge is -2.28. The smallest absolute Gasteiger partial charge is 0.158 e. The van der Waals surface area contributed by atoms with Gasteiger partial charge in [-0.1, -0.05) is 27.7 Å². The number of halogens is 1. The number of aryl methyl sites for hydroxylation is 2. The molecule has 21 heavy (non-hydrogen) atoms. The molecule has 2 unspecified atom stereocenters. The molecule has 0 aromatic carbocycles. The Kier molecular flexibility index (Phi) is 4.39. The number of alkyl halides is 1. The van der Waals surface area contributed by atoms with Crippen LogP contribution in [0.5, 0.6) is 0 Å². The van der Waals surface area contributed by atoms with Crippen molar-refractivity contribution in [1.82, 2.24) is 19.3 Å². The van der Waals surface area contributed by atoms with E-state index in [-0.39, 0.29) is 10.8 Å². The molecule has 2 atom stereocenters. The van der Waals surface area contributed by atoms with Crippen molar-refractivity contribution < 1.29 is 0 Å². The predicted molar refractivity (Wildman–Crippen MR) is 88.8 cm³/mol. The van der Waals surface area contributed by atoms with E-state index in [1.165, 1.54) is 0 Å². The molecule has 2 aromatic rings. The molecule has 2 heterocycles. The monoisotopic (exact) mass is 310 g/mol. The maximum Gasteiger partial charge on any atom is 0.158 e. The van der Waals surface area contributed by atoms with Gasteiger partial charge in [0.2, 0.25) is 0 Å². The minimum absolute atomic E-state index is 0.103. The zero-order valence-corrected chi connectivity index (χ0v) is 15.0. The van der Waals surface area contributed by atoms with Gasteiger partial charge >= 0.3 is 0 Å². The summed E-state index contributed by atoms with van der Waals surface area (Å²) in [6, 6.07) is 0. The fourth-order valence-electron chi connectivity index (χ4n) is 2.49. The van der Waals surface area contributed by atoms with Gasteiger partial charge in [-0.05, 0) is 32.1 Å². The summed E-state index contributed by atoms with van der Waals surface area (Å²) in [6.07, 6.45) is 0. The van der Waals surface area contributed by atoms with Gasteiger partial charge in [-0.25, -0.2) is 9.67 Å². The highest BCUT2D eigenvalue weighted by molar-refractivity contribution is 6.20. The Morgan fingerprint density at radius 2 is 1.86 bits per heavy atom. The summed E-state index contributed by atoms with van der Waals surface area (Å²) in [7, 11) is 0. The fraction of sp³-hybridized carbons (Fsp3) is 0.750. The quantitative estimate of drug-likeness (QED) is 0.777. The first-order chi connectivity index (χ1) is 9.66. The normalized spacial score (nSPS) is 15.6.